The molecule has 0 aromatic carbocycles. The lowest BCUT2D eigenvalue weighted by atomic mass is 10.3. The normalized spacial score (nSPS) is 25.0. The monoisotopic (exact) mass is 129 g/mol. The molecule has 0 amide bonds. The maximum Gasteiger partial charge on any atom is 0.00391 e. The predicted octanol–water partition coefficient (Wildman–Crippen LogP) is 2.17. The third-order valence-corrected chi connectivity index (χ3v) is 1.31. The van der Waals surface area contributed by atoms with Crippen LogP contribution in [0.3, 0.4) is 0 Å². The Balaban J connectivity index is 0.000000187. The summed E-state index contributed by atoms with van der Waals surface area (Å²) in [4.78, 5) is 0. The molecule has 0 aromatic rings. The first kappa shape index (κ1) is 8.96. The van der Waals surface area contributed by atoms with Gasteiger partial charge in [0, 0.05) is 6.04 Å². The Morgan fingerprint density at radius 3 is 2.11 bits per heavy atom. The highest BCUT2D eigenvalue weighted by Gasteiger charge is 2.05. The third kappa shape index (κ3) is 5.84. The molecule has 0 saturated carbocycles. The van der Waals surface area contributed by atoms with Gasteiger partial charge >= 0.3 is 0 Å². The molecule has 0 radical (unpaired) electrons. The zero-order valence-electron chi connectivity index (χ0n) is 6.91. The Kier molecular flexibility index (Phi) is 6.06. The van der Waals surface area contributed by atoms with Crippen LogP contribution in [0.15, 0.2) is 0 Å². The molecule has 1 nitrogen and oxygen atoms in total. The van der Waals surface area contributed by atoms with Gasteiger partial charge in [0.05, 0.1) is 0 Å². The van der Waals surface area contributed by atoms with Crippen LogP contribution >= 0.6 is 0 Å². The van der Waals surface area contributed by atoms with E-state index < -0.39 is 0 Å². The van der Waals surface area contributed by atoms with Crippen LogP contribution in [0.2, 0.25) is 0 Å². The Morgan fingerprint density at radius 1 is 1.44 bits per heavy atom. The third-order valence-electron chi connectivity index (χ3n) is 1.31. The maximum atomic E-state index is 3.32. The molecule has 0 unspecified atom stereocenters. The molecule has 1 N–H and O–H groups in total. The highest BCUT2D eigenvalue weighted by Crippen LogP contribution is 2.01. The molecule has 0 aliphatic carbocycles. The average Bonchev–Trinajstić information content (AvgIpc) is 2.20. The molecule has 9 heavy (non-hydrogen) atoms. The van der Waals surface area contributed by atoms with Crippen LogP contribution < -0.4 is 5.32 Å². The van der Waals surface area contributed by atoms with E-state index in [4.69, 9.17) is 0 Å². The summed E-state index contributed by atoms with van der Waals surface area (Å²) in [6.07, 6.45) is 4.00. The molecule has 1 aliphatic heterocycles. The number of nitrogens with one attached hydrogen (secondary N) is 1. The zero-order chi connectivity index (χ0) is 7.11. The van der Waals surface area contributed by atoms with Crippen molar-refractivity contribution < 1.29 is 0 Å². The minimum absolute atomic E-state index is 0.796. The maximum absolute atomic E-state index is 3.32. The molecule has 1 aliphatic rings. The van der Waals surface area contributed by atoms with Gasteiger partial charge in [0.1, 0.15) is 0 Å². The Bertz CT molecular complexity index is 46.5. The largest absolute Gasteiger partial charge is 0.314 e. The van der Waals surface area contributed by atoms with E-state index >= 15 is 0 Å². The molecule has 1 saturated heterocycles. The summed E-state index contributed by atoms with van der Waals surface area (Å²) in [6, 6.07) is 0.796. The Morgan fingerprint density at radius 2 is 2.00 bits per heavy atom. The van der Waals surface area contributed by atoms with Gasteiger partial charge in [-0.05, 0) is 26.3 Å². The van der Waals surface area contributed by atoms with Gasteiger partial charge in [-0.2, -0.15) is 0 Å². The molecule has 0 aromatic heterocycles. The van der Waals surface area contributed by atoms with Crippen molar-refractivity contribution in [1.29, 1.82) is 0 Å². The summed E-state index contributed by atoms with van der Waals surface area (Å²) in [5, 5.41) is 3.32. The summed E-state index contributed by atoms with van der Waals surface area (Å²) in [6.45, 7) is 7.72. The van der Waals surface area contributed by atoms with E-state index in [-0.39, 0.29) is 0 Å². The first-order valence-electron chi connectivity index (χ1n) is 4.04. The molecule has 1 fully saturated rings. The lowest BCUT2D eigenvalue weighted by molar-refractivity contribution is 0.664. The van der Waals surface area contributed by atoms with E-state index in [9.17, 15) is 0 Å². The summed E-state index contributed by atoms with van der Waals surface area (Å²) in [5.74, 6) is 0. The highest BCUT2D eigenvalue weighted by molar-refractivity contribution is 4.67. The van der Waals surface area contributed by atoms with Crippen molar-refractivity contribution in [2.75, 3.05) is 6.54 Å². The van der Waals surface area contributed by atoms with Crippen LogP contribution in [0.25, 0.3) is 0 Å². The van der Waals surface area contributed by atoms with Crippen LogP contribution in [-0.4, -0.2) is 12.6 Å². The van der Waals surface area contributed by atoms with Crippen molar-refractivity contribution in [3.8, 4) is 0 Å². The topological polar surface area (TPSA) is 12.0 Å². The summed E-state index contributed by atoms with van der Waals surface area (Å²) in [5.41, 5.74) is 0. The van der Waals surface area contributed by atoms with E-state index in [2.05, 4.69) is 26.1 Å². The smallest absolute Gasteiger partial charge is 0.00391 e. The summed E-state index contributed by atoms with van der Waals surface area (Å²) in [7, 11) is 0. The van der Waals surface area contributed by atoms with Gasteiger partial charge in [-0.15, -0.1) is 0 Å². The number of rotatable bonds is 0. The Hall–Kier alpha value is -0.0400. The standard InChI is InChI=1S/C5H11N.C3H8/c1-5-3-2-4-6-5;1-3-2/h5-6H,2-4H2,1H3;3H2,1-2H3/t5-;/m1./s1. The van der Waals surface area contributed by atoms with Crippen molar-refractivity contribution in [1.82, 2.24) is 5.32 Å². The van der Waals surface area contributed by atoms with Crippen molar-refractivity contribution in [2.24, 2.45) is 0 Å². The van der Waals surface area contributed by atoms with Crippen LogP contribution in [0.4, 0.5) is 0 Å². The van der Waals surface area contributed by atoms with E-state index in [1.807, 2.05) is 0 Å². The molecule has 0 spiro atoms. The van der Waals surface area contributed by atoms with Gasteiger partial charge in [-0.25, -0.2) is 0 Å². The molecular formula is C8H19N. The highest BCUT2D eigenvalue weighted by atomic mass is 14.9. The summed E-state index contributed by atoms with van der Waals surface area (Å²) >= 11 is 0. The van der Waals surface area contributed by atoms with Crippen LogP contribution in [0.1, 0.15) is 40.0 Å². The average molecular weight is 129 g/mol. The van der Waals surface area contributed by atoms with E-state index in [1.165, 1.54) is 25.8 Å². The molecular weight excluding hydrogens is 110 g/mol. The second-order valence-electron chi connectivity index (χ2n) is 2.70. The minimum atomic E-state index is 0.796. The van der Waals surface area contributed by atoms with Crippen molar-refractivity contribution in [2.45, 2.75) is 46.1 Å². The van der Waals surface area contributed by atoms with Gasteiger partial charge in [0.15, 0.2) is 0 Å². The zero-order valence-corrected chi connectivity index (χ0v) is 6.91. The van der Waals surface area contributed by atoms with Gasteiger partial charge < -0.3 is 5.32 Å². The number of hydrogen-bond donors (Lipinski definition) is 1. The first-order valence-corrected chi connectivity index (χ1v) is 4.04. The molecule has 1 heterocycles. The number of hydrogen-bond acceptors (Lipinski definition) is 1. The second kappa shape index (κ2) is 6.09. The van der Waals surface area contributed by atoms with Gasteiger partial charge in [0.25, 0.3) is 0 Å². The lowest BCUT2D eigenvalue weighted by Crippen LogP contribution is -2.16. The van der Waals surface area contributed by atoms with E-state index in [1.54, 1.807) is 0 Å². The SMILES string of the molecule is CCC.C[C@@H]1CCCN1. The predicted molar refractivity (Wildman–Crippen MR) is 42.7 cm³/mol. The minimum Gasteiger partial charge on any atom is -0.314 e. The molecule has 1 rings (SSSR count). The van der Waals surface area contributed by atoms with Crippen molar-refractivity contribution >= 4 is 0 Å². The van der Waals surface area contributed by atoms with Gasteiger partial charge in [-0.3, -0.25) is 0 Å². The molecule has 1 heteroatoms. The molecule has 0 bridgehead atoms. The van der Waals surface area contributed by atoms with Gasteiger partial charge in [0.2, 0.25) is 0 Å². The van der Waals surface area contributed by atoms with Crippen LogP contribution in [0, 0.1) is 0 Å². The summed E-state index contributed by atoms with van der Waals surface area (Å²) < 4.78 is 0. The fraction of sp³-hybridized carbons (Fsp3) is 1.00. The molecule has 1 atom stereocenters. The van der Waals surface area contributed by atoms with Crippen LogP contribution in [-0.2, 0) is 0 Å². The van der Waals surface area contributed by atoms with E-state index in [0.29, 0.717) is 0 Å². The molecule has 56 valence electrons. The van der Waals surface area contributed by atoms with E-state index in [0.717, 1.165) is 6.04 Å². The lowest BCUT2D eigenvalue weighted by Gasteiger charge is -1.95. The first-order chi connectivity index (χ1) is 4.31. The van der Waals surface area contributed by atoms with Crippen molar-refractivity contribution in [3.05, 3.63) is 0 Å². The van der Waals surface area contributed by atoms with Crippen LogP contribution in [0.5, 0.6) is 0 Å². The Labute approximate surface area is 58.8 Å². The second-order valence-corrected chi connectivity index (χ2v) is 2.70. The van der Waals surface area contributed by atoms with Crippen molar-refractivity contribution in [3.63, 3.8) is 0 Å². The fourth-order valence-corrected chi connectivity index (χ4v) is 0.859. The van der Waals surface area contributed by atoms with Gasteiger partial charge in [-0.1, -0.05) is 20.3 Å². The fourth-order valence-electron chi connectivity index (χ4n) is 0.859. The quantitative estimate of drug-likeness (QED) is 0.528.